The summed E-state index contributed by atoms with van der Waals surface area (Å²) >= 11 is 2.61. The van der Waals surface area contributed by atoms with E-state index in [4.69, 9.17) is 0 Å². The third kappa shape index (κ3) is 7.37. The molecule has 1 rings (SSSR count). The third-order valence-electron chi connectivity index (χ3n) is 2.96. The van der Waals surface area contributed by atoms with Crippen molar-refractivity contribution in [1.29, 1.82) is 0 Å². The predicted octanol–water partition coefficient (Wildman–Crippen LogP) is 4.70. The molecule has 0 N–H and O–H groups in total. The standard InChI is InChI=1S/C15H30Se3/c1-13(2)7-16-9-14(3,4)11-18-12-15(5,6)10-17-8-13/h7-12H2,1-6H3. The van der Waals surface area contributed by atoms with Gasteiger partial charge in [0.2, 0.25) is 0 Å². The summed E-state index contributed by atoms with van der Waals surface area (Å²) in [7, 11) is 0. The first-order valence-electron chi connectivity index (χ1n) is 6.85. The molecular weight excluding hydrogens is 417 g/mol. The third-order valence-corrected chi connectivity index (χ3v) is 15.4. The van der Waals surface area contributed by atoms with Crippen molar-refractivity contribution in [3.8, 4) is 0 Å². The van der Waals surface area contributed by atoms with E-state index in [0.29, 0.717) is 16.2 Å². The summed E-state index contributed by atoms with van der Waals surface area (Å²) in [6.45, 7) is 15.0. The quantitative estimate of drug-likeness (QED) is 0.473. The van der Waals surface area contributed by atoms with Gasteiger partial charge in [0, 0.05) is 0 Å². The van der Waals surface area contributed by atoms with Crippen LogP contribution in [0.4, 0.5) is 0 Å². The van der Waals surface area contributed by atoms with Crippen LogP contribution in [0.15, 0.2) is 0 Å². The first kappa shape index (κ1) is 17.6. The molecule has 0 saturated carbocycles. The zero-order valence-electron chi connectivity index (χ0n) is 13.0. The van der Waals surface area contributed by atoms with Crippen molar-refractivity contribution >= 4 is 44.9 Å². The van der Waals surface area contributed by atoms with E-state index in [1.54, 1.807) is 0 Å². The van der Waals surface area contributed by atoms with Crippen LogP contribution >= 0.6 is 0 Å². The van der Waals surface area contributed by atoms with Crippen molar-refractivity contribution < 1.29 is 0 Å². The van der Waals surface area contributed by atoms with Crippen LogP contribution in [-0.4, -0.2) is 44.9 Å². The summed E-state index contributed by atoms with van der Waals surface area (Å²) in [5, 5.41) is 8.99. The van der Waals surface area contributed by atoms with Gasteiger partial charge in [0.1, 0.15) is 0 Å². The van der Waals surface area contributed by atoms with Gasteiger partial charge in [0.15, 0.2) is 0 Å². The van der Waals surface area contributed by atoms with Gasteiger partial charge in [-0.05, 0) is 0 Å². The Kier molecular flexibility index (Phi) is 6.86. The van der Waals surface area contributed by atoms with E-state index in [9.17, 15) is 0 Å². The van der Waals surface area contributed by atoms with Crippen LogP contribution in [0.5, 0.6) is 0 Å². The Morgan fingerprint density at radius 2 is 0.611 bits per heavy atom. The predicted molar refractivity (Wildman–Crippen MR) is 87.4 cm³/mol. The molecular formula is C15H30Se3. The zero-order valence-corrected chi connectivity index (χ0v) is 18.1. The van der Waals surface area contributed by atoms with Crippen LogP contribution in [-0.2, 0) is 0 Å². The number of hydrogen-bond donors (Lipinski definition) is 0. The molecule has 0 amide bonds. The van der Waals surface area contributed by atoms with Gasteiger partial charge in [0.05, 0.1) is 0 Å². The molecule has 0 aliphatic carbocycles. The molecule has 1 aliphatic heterocycles. The summed E-state index contributed by atoms with van der Waals surface area (Å²) < 4.78 is 0. The van der Waals surface area contributed by atoms with Crippen molar-refractivity contribution in [1.82, 2.24) is 0 Å². The van der Waals surface area contributed by atoms with Gasteiger partial charge in [-0.2, -0.15) is 0 Å². The molecule has 1 heterocycles. The molecule has 0 aromatic heterocycles. The van der Waals surface area contributed by atoms with Crippen molar-refractivity contribution in [2.45, 2.75) is 73.5 Å². The van der Waals surface area contributed by atoms with E-state index in [-0.39, 0.29) is 0 Å². The fraction of sp³-hybridized carbons (Fsp3) is 1.00. The van der Waals surface area contributed by atoms with Crippen molar-refractivity contribution in [2.75, 3.05) is 0 Å². The van der Waals surface area contributed by atoms with E-state index in [2.05, 4.69) is 41.5 Å². The fourth-order valence-corrected chi connectivity index (χ4v) is 12.8. The topological polar surface area (TPSA) is 0 Å². The van der Waals surface area contributed by atoms with Gasteiger partial charge in [-0.3, -0.25) is 0 Å². The zero-order chi connectivity index (χ0) is 13.9. The van der Waals surface area contributed by atoms with Crippen molar-refractivity contribution in [3.63, 3.8) is 0 Å². The van der Waals surface area contributed by atoms with Crippen LogP contribution in [0, 0.1) is 16.2 Å². The summed E-state index contributed by atoms with van der Waals surface area (Å²) in [5.41, 5.74) is 1.86. The summed E-state index contributed by atoms with van der Waals surface area (Å²) in [6.07, 6.45) is 0. The number of rotatable bonds is 0. The van der Waals surface area contributed by atoms with Gasteiger partial charge < -0.3 is 0 Å². The molecule has 108 valence electrons. The summed E-state index contributed by atoms with van der Waals surface area (Å²) in [6, 6.07) is 0. The molecule has 1 fully saturated rings. The molecule has 0 spiro atoms. The molecule has 0 aromatic rings. The average Bonchev–Trinajstić information content (AvgIpc) is 2.13. The van der Waals surface area contributed by atoms with Crippen molar-refractivity contribution in [2.24, 2.45) is 16.2 Å². The Labute approximate surface area is 134 Å². The molecule has 1 saturated heterocycles. The monoisotopic (exact) mass is 450 g/mol. The van der Waals surface area contributed by atoms with E-state index in [1.807, 2.05) is 0 Å². The SMILES string of the molecule is CC1(C)C[Se]CC(C)(C)C[Se]CC(C)(C)C[Se]C1. The fourth-order valence-electron chi connectivity index (χ4n) is 1.94. The maximum atomic E-state index is 2.51. The van der Waals surface area contributed by atoms with E-state index < -0.39 is 0 Å². The van der Waals surface area contributed by atoms with Crippen LogP contribution in [0.3, 0.4) is 0 Å². The second kappa shape index (κ2) is 7.02. The van der Waals surface area contributed by atoms with Crippen LogP contribution in [0.25, 0.3) is 0 Å². The van der Waals surface area contributed by atoms with Gasteiger partial charge in [0.25, 0.3) is 0 Å². The first-order valence-corrected chi connectivity index (χ1v) is 14.1. The number of hydrogen-bond acceptors (Lipinski definition) is 0. The molecule has 0 atom stereocenters. The normalized spacial score (nSPS) is 29.0. The Hall–Kier alpha value is 1.56. The van der Waals surface area contributed by atoms with Crippen LogP contribution in [0.1, 0.15) is 41.5 Å². The van der Waals surface area contributed by atoms with E-state index >= 15 is 0 Å². The average molecular weight is 447 g/mol. The molecule has 0 bridgehead atoms. The molecule has 0 aromatic carbocycles. The second-order valence-corrected chi connectivity index (χ2v) is 14.2. The van der Waals surface area contributed by atoms with Gasteiger partial charge in [-0.15, -0.1) is 0 Å². The van der Waals surface area contributed by atoms with E-state index in [1.165, 1.54) is 31.9 Å². The Morgan fingerprint density at radius 1 is 0.444 bits per heavy atom. The molecule has 18 heavy (non-hydrogen) atoms. The first-order chi connectivity index (χ1) is 8.12. The summed E-state index contributed by atoms with van der Waals surface area (Å²) in [4.78, 5) is 0. The van der Waals surface area contributed by atoms with E-state index in [0.717, 1.165) is 44.9 Å². The second-order valence-electron chi connectivity index (χ2n) is 7.97. The minimum atomic E-state index is 0.622. The molecule has 1 aliphatic rings. The Balaban J connectivity index is 2.63. The molecule has 0 nitrogen and oxygen atoms in total. The van der Waals surface area contributed by atoms with Crippen LogP contribution < -0.4 is 0 Å². The summed E-state index contributed by atoms with van der Waals surface area (Å²) in [5.74, 6) is 0. The van der Waals surface area contributed by atoms with Gasteiger partial charge in [-0.25, -0.2) is 0 Å². The maximum absolute atomic E-state index is 2.51. The Bertz CT molecular complexity index is 196. The minimum absolute atomic E-state index is 0.622. The molecule has 3 heteroatoms. The Morgan fingerprint density at radius 3 is 0.778 bits per heavy atom. The van der Waals surface area contributed by atoms with Gasteiger partial charge in [-0.1, -0.05) is 0 Å². The molecule has 0 unspecified atom stereocenters. The van der Waals surface area contributed by atoms with Crippen molar-refractivity contribution in [3.05, 3.63) is 0 Å². The molecule has 0 radical (unpaired) electrons. The van der Waals surface area contributed by atoms with Crippen LogP contribution in [0.2, 0.25) is 31.9 Å². The van der Waals surface area contributed by atoms with Gasteiger partial charge >= 0.3 is 135 Å².